The minimum atomic E-state index is 0.243. The van der Waals surface area contributed by atoms with Crippen molar-refractivity contribution in [3.8, 4) is 0 Å². The van der Waals surface area contributed by atoms with Crippen molar-refractivity contribution in [3.05, 3.63) is 23.3 Å². The number of carbonyl (C=O) groups excluding carboxylic acids is 1. The summed E-state index contributed by atoms with van der Waals surface area (Å²) < 4.78 is 0. The van der Waals surface area contributed by atoms with Crippen LogP contribution in [0.25, 0.3) is 0 Å². The Morgan fingerprint density at radius 1 is 1.38 bits per heavy atom. The lowest BCUT2D eigenvalue weighted by Gasteiger charge is -2.23. The van der Waals surface area contributed by atoms with Crippen LogP contribution >= 0.6 is 0 Å². The lowest BCUT2D eigenvalue weighted by molar-refractivity contribution is 0.0983. The summed E-state index contributed by atoms with van der Waals surface area (Å²) in [6.45, 7) is 5.05. The summed E-state index contributed by atoms with van der Waals surface area (Å²) in [5.41, 5.74) is 4.10. The Morgan fingerprint density at radius 2 is 2.12 bits per heavy atom. The summed E-state index contributed by atoms with van der Waals surface area (Å²) >= 11 is 0. The van der Waals surface area contributed by atoms with Crippen molar-refractivity contribution >= 4 is 17.2 Å². The standard InChI is InChI=1S/C13H18N2O/c1-8(2)10-6-9(14-3)7-11-12(16)4-5-15-13(10)11/h6-8,14-15H,4-5H2,1-3H3. The maximum absolute atomic E-state index is 11.9. The van der Waals surface area contributed by atoms with Crippen molar-refractivity contribution in [2.24, 2.45) is 0 Å². The quantitative estimate of drug-likeness (QED) is 0.802. The Labute approximate surface area is 96.2 Å². The first-order valence-electron chi connectivity index (χ1n) is 5.76. The van der Waals surface area contributed by atoms with Gasteiger partial charge >= 0.3 is 0 Å². The van der Waals surface area contributed by atoms with E-state index in [0.29, 0.717) is 12.3 Å². The fourth-order valence-corrected chi connectivity index (χ4v) is 2.12. The lowest BCUT2D eigenvalue weighted by Crippen LogP contribution is -2.20. The number of fused-ring (bicyclic) bond motifs is 1. The number of rotatable bonds is 2. The van der Waals surface area contributed by atoms with E-state index < -0.39 is 0 Å². The first kappa shape index (κ1) is 11.0. The van der Waals surface area contributed by atoms with Gasteiger partial charge in [0.15, 0.2) is 5.78 Å². The van der Waals surface area contributed by atoms with Gasteiger partial charge in [0.2, 0.25) is 0 Å². The molecule has 2 rings (SSSR count). The summed E-state index contributed by atoms with van der Waals surface area (Å²) in [6.07, 6.45) is 0.595. The molecule has 1 heterocycles. The normalized spacial score (nSPS) is 14.6. The molecule has 1 aliphatic rings. The van der Waals surface area contributed by atoms with E-state index in [1.807, 2.05) is 13.1 Å². The van der Waals surface area contributed by atoms with Crippen molar-refractivity contribution in [2.45, 2.75) is 26.2 Å². The van der Waals surface area contributed by atoms with Crippen LogP contribution in [-0.2, 0) is 0 Å². The molecule has 1 aliphatic heterocycles. The zero-order valence-corrected chi connectivity index (χ0v) is 10.1. The summed E-state index contributed by atoms with van der Waals surface area (Å²) in [4.78, 5) is 11.9. The van der Waals surface area contributed by atoms with E-state index in [1.165, 1.54) is 5.56 Å². The first-order valence-corrected chi connectivity index (χ1v) is 5.76. The monoisotopic (exact) mass is 218 g/mol. The fourth-order valence-electron chi connectivity index (χ4n) is 2.12. The molecule has 0 fully saturated rings. The zero-order chi connectivity index (χ0) is 11.7. The van der Waals surface area contributed by atoms with E-state index in [-0.39, 0.29) is 5.78 Å². The first-order chi connectivity index (χ1) is 7.63. The van der Waals surface area contributed by atoms with Crippen LogP contribution < -0.4 is 10.6 Å². The molecule has 86 valence electrons. The van der Waals surface area contributed by atoms with Crippen molar-refractivity contribution in [1.29, 1.82) is 0 Å². The van der Waals surface area contributed by atoms with Crippen LogP contribution in [0.1, 0.15) is 42.1 Å². The molecule has 0 bridgehead atoms. The number of Topliss-reactive ketones (excluding diaryl/α,β-unsaturated/α-hetero) is 1. The van der Waals surface area contributed by atoms with Crippen LogP contribution in [0.2, 0.25) is 0 Å². The smallest absolute Gasteiger partial charge is 0.166 e. The molecule has 0 saturated carbocycles. The third kappa shape index (κ3) is 1.77. The Balaban J connectivity index is 2.60. The van der Waals surface area contributed by atoms with Crippen molar-refractivity contribution in [3.63, 3.8) is 0 Å². The average Bonchev–Trinajstić information content (AvgIpc) is 2.28. The van der Waals surface area contributed by atoms with E-state index in [0.717, 1.165) is 23.5 Å². The van der Waals surface area contributed by atoms with Crippen molar-refractivity contribution in [2.75, 3.05) is 24.2 Å². The molecular weight excluding hydrogens is 200 g/mol. The van der Waals surface area contributed by atoms with Gasteiger partial charge < -0.3 is 10.6 Å². The maximum Gasteiger partial charge on any atom is 0.166 e. The van der Waals surface area contributed by atoms with Gasteiger partial charge in [0.1, 0.15) is 0 Å². The van der Waals surface area contributed by atoms with Crippen LogP contribution in [0.15, 0.2) is 12.1 Å². The molecular formula is C13H18N2O. The van der Waals surface area contributed by atoms with Gasteiger partial charge in [0.25, 0.3) is 0 Å². The number of benzene rings is 1. The summed E-state index contributed by atoms with van der Waals surface area (Å²) in [6, 6.07) is 4.06. The number of ketones is 1. The summed E-state index contributed by atoms with van der Waals surface area (Å²) in [5, 5.41) is 6.46. The molecule has 0 spiro atoms. The molecule has 0 unspecified atom stereocenters. The second-order valence-corrected chi connectivity index (χ2v) is 4.49. The van der Waals surface area contributed by atoms with Crippen LogP contribution in [0.4, 0.5) is 11.4 Å². The third-order valence-electron chi connectivity index (χ3n) is 3.03. The number of anilines is 2. The van der Waals surface area contributed by atoms with E-state index in [9.17, 15) is 4.79 Å². The SMILES string of the molecule is CNc1cc2c(c(C(C)C)c1)NCCC2=O. The van der Waals surface area contributed by atoms with Crippen molar-refractivity contribution < 1.29 is 4.79 Å². The van der Waals surface area contributed by atoms with Crippen LogP contribution in [0, 0.1) is 0 Å². The van der Waals surface area contributed by atoms with Gasteiger partial charge in [-0.15, -0.1) is 0 Å². The highest BCUT2D eigenvalue weighted by Crippen LogP contribution is 2.34. The van der Waals surface area contributed by atoms with Crippen LogP contribution in [0.5, 0.6) is 0 Å². The van der Waals surface area contributed by atoms with Gasteiger partial charge in [-0.2, -0.15) is 0 Å². The van der Waals surface area contributed by atoms with E-state index in [1.54, 1.807) is 0 Å². The van der Waals surface area contributed by atoms with Gasteiger partial charge in [-0.25, -0.2) is 0 Å². The fraction of sp³-hybridized carbons (Fsp3) is 0.462. The minimum Gasteiger partial charge on any atom is -0.388 e. The molecule has 0 aromatic heterocycles. The molecule has 1 aromatic carbocycles. The minimum absolute atomic E-state index is 0.243. The summed E-state index contributed by atoms with van der Waals surface area (Å²) in [7, 11) is 1.88. The Bertz CT molecular complexity index is 424. The maximum atomic E-state index is 11.9. The van der Waals surface area contributed by atoms with Gasteiger partial charge in [0, 0.05) is 37.0 Å². The second-order valence-electron chi connectivity index (χ2n) is 4.49. The Morgan fingerprint density at radius 3 is 2.75 bits per heavy atom. The largest absolute Gasteiger partial charge is 0.388 e. The van der Waals surface area contributed by atoms with Gasteiger partial charge in [-0.1, -0.05) is 13.8 Å². The zero-order valence-electron chi connectivity index (χ0n) is 10.1. The van der Waals surface area contributed by atoms with Crippen LogP contribution in [0.3, 0.4) is 0 Å². The number of nitrogens with one attached hydrogen (secondary N) is 2. The van der Waals surface area contributed by atoms with Crippen LogP contribution in [-0.4, -0.2) is 19.4 Å². The molecule has 16 heavy (non-hydrogen) atoms. The molecule has 3 nitrogen and oxygen atoms in total. The highest BCUT2D eigenvalue weighted by molar-refractivity contribution is 6.04. The van der Waals surface area contributed by atoms with Crippen molar-refractivity contribution in [1.82, 2.24) is 0 Å². The Hall–Kier alpha value is -1.51. The molecule has 1 aromatic rings. The molecule has 0 radical (unpaired) electrons. The van der Waals surface area contributed by atoms with E-state index in [2.05, 4.69) is 30.5 Å². The van der Waals surface area contributed by atoms with Gasteiger partial charge in [-0.3, -0.25) is 4.79 Å². The molecule has 0 saturated heterocycles. The number of carbonyl (C=O) groups is 1. The predicted molar refractivity (Wildman–Crippen MR) is 67.5 cm³/mol. The summed E-state index contributed by atoms with van der Waals surface area (Å²) in [5.74, 6) is 0.660. The molecule has 0 atom stereocenters. The van der Waals surface area contributed by atoms with E-state index >= 15 is 0 Å². The average molecular weight is 218 g/mol. The molecule has 0 aliphatic carbocycles. The predicted octanol–water partition coefficient (Wildman–Crippen LogP) is 2.85. The number of hydrogen-bond donors (Lipinski definition) is 2. The Kier molecular flexibility index (Phi) is 2.86. The van der Waals surface area contributed by atoms with Gasteiger partial charge in [0.05, 0.1) is 0 Å². The lowest BCUT2D eigenvalue weighted by atomic mass is 9.92. The van der Waals surface area contributed by atoms with Gasteiger partial charge in [-0.05, 0) is 23.6 Å². The highest BCUT2D eigenvalue weighted by atomic mass is 16.1. The second kappa shape index (κ2) is 4.16. The molecule has 2 N–H and O–H groups in total. The topological polar surface area (TPSA) is 41.1 Å². The highest BCUT2D eigenvalue weighted by Gasteiger charge is 2.21. The number of hydrogen-bond acceptors (Lipinski definition) is 3. The van der Waals surface area contributed by atoms with E-state index in [4.69, 9.17) is 0 Å². The molecule has 3 heteroatoms. The third-order valence-corrected chi connectivity index (χ3v) is 3.03. The molecule has 0 amide bonds.